The van der Waals surface area contributed by atoms with Gasteiger partial charge in [0.2, 0.25) is 5.91 Å². The van der Waals surface area contributed by atoms with Gasteiger partial charge in [-0.05, 0) is 31.2 Å². The van der Waals surface area contributed by atoms with E-state index in [9.17, 15) is 9.59 Å². The van der Waals surface area contributed by atoms with Crippen LogP contribution in [-0.2, 0) is 4.79 Å². The number of hydrogen-bond donors (Lipinski definition) is 1. The Hall–Kier alpha value is -1.78. The Labute approximate surface area is 132 Å². The fourth-order valence-electron chi connectivity index (χ4n) is 1.79. The van der Waals surface area contributed by atoms with Gasteiger partial charge in [-0.15, -0.1) is 11.8 Å². The molecule has 108 valence electrons. The molecule has 0 aliphatic heterocycles. The molecule has 0 aliphatic rings. The van der Waals surface area contributed by atoms with Crippen molar-refractivity contribution in [1.29, 1.82) is 0 Å². The largest absolute Gasteiger partial charge is 0.325 e. The number of nitrogens with one attached hydrogen (secondary N) is 1. The Morgan fingerprint density at radius 1 is 1.10 bits per heavy atom. The molecule has 1 N–H and O–H groups in total. The Kier molecular flexibility index (Phi) is 5.42. The molecule has 0 bridgehead atoms. The quantitative estimate of drug-likeness (QED) is 0.661. The number of rotatable bonds is 5. The minimum absolute atomic E-state index is 0.0790. The van der Waals surface area contributed by atoms with E-state index in [4.69, 9.17) is 11.6 Å². The SMILES string of the molecule is CC(=O)c1ccccc1NC(=O)CSc1ccccc1Cl. The molecule has 0 aromatic heterocycles. The first-order chi connectivity index (χ1) is 10.1. The van der Waals surface area contributed by atoms with Crippen LogP contribution in [-0.4, -0.2) is 17.4 Å². The van der Waals surface area contributed by atoms with E-state index in [-0.39, 0.29) is 17.4 Å². The fourth-order valence-corrected chi connectivity index (χ4v) is 2.83. The molecule has 0 aliphatic carbocycles. The zero-order valence-electron chi connectivity index (χ0n) is 11.4. The van der Waals surface area contributed by atoms with Gasteiger partial charge in [0.1, 0.15) is 0 Å². The molecule has 5 heteroatoms. The molecular weight excluding hydrogens is 306 g/mol. The molecule has 2 rings (SSSR count). The number of thioether (sulfide) groups is 1. The van der Waals surface area contributed by atoms with E-state index < -0.39 is 0 Å². The van der Waals surface area contributed by atoms with Crippen LogP contribution < -0.4 is 5.32 Å². The van der Waals surface area contributed by atoms with Gasteiger partial charge in [-0.1, -0.05) is 35.9 Å². The van der Waals surface area contributed by atoms with Crippen molar-refractivity contribution in [3.05, 3.63) is 59.1 Å². The van der Waals surface area contributed by atoms with Crippen molar-refractivity contribution in [2.24, 2.45) is 0 Å². The van der Waals surface area contributed by atoms with E-state index in [0.717, 1.165) is 4.90 Å². The van der Waals surface area contributed by atoms with Crippen LogP contribution in [0.1, 0.15) is 17.3 Å². The number of benzene rings is 2. The van der Waals surface area contributed by atoms with Crippen molar-refractivity contribution in [2.45, 2.75) is 11.8 Å². The summed E-state index contributed by atoms with van der Waals surface area (Å²) in [4.78, 5) is 24.3. The van der Waals surface area contributed by atoms with Crippen molar-refractivity contribution < 1.29 is 9.59 Å². The number of Topliss-reactive ketones (excluding diaryl/α,β-unsaturated/α-hetero) is 1. The third kappa shape index (κ3) is 4.34. The van der Waals surface area contributed by atoms with Gasteiger partial charge < -0.3 is 5.32 Å². The average Bonchev–Trinajstić information content (AvgIpc) is 2.47. The summed E-state index contributed by atoms with van der Waals surface area (Å²) < 4.78 is 0. The summed E-state index contributed by atoms with van der Waals surface area (Å²) in [5.74, 6) is -0.0195. The van der Waals surface area contributed by atoms with Crippen LogP contribution in [0.25, 0.3) is 0 Å². The van der Waals surface area contributed by atoms with E-state index in [0.29, 0.717) is 16.3 Å². The van der Waals surface area contributed by atoms with Crippen LogP contribution in [0.4, 0.5) is 5.69 Å². The Bertz CT molecular complexity index is 673. The lowest BCUT2D eigenvalue weighted by Crippen LogP contribution is -2.16. The highest BCUT2D eigenvalue weighted by atomic mass is 35.5. The lowest BCUT2D eigenvalue weighted by Gasteiger charge is -2.09. The molecule has 0 saturated heterocycles. The lowest BCUT2D eigenvalue weighted by atomic mass is 10.1. The van der Waals surface area contributed by atoms with E-state index in [1.165, 1.54) is 18.7 Å². The summed E-state index contributed by atoms with van der Waals surface area (Å²) in [7, 11) is 0. The van der Waals surface area contributed by atoms with Crippen molar-refractivity contribution in [3.63, 3.8) is 0 Å². The molecule has 3 nitrogen and oxygen atoms in total. The summed E-state index contributed by atoms with van der Waals surface area (Å²) in [6.07, 6.45) is 0. The van der Waals surface area contributed by atoms with Crippen LogP contribution in [0.3, 0.4) is 0 Å². The van der Waals surface area contributed by atoms with Gasteiger partial charge in [0.25, 0.3) is 0 Å². The normalized spacial score (nSPS) is 10.2. The second-order valence-corrected chi connectivity index (χ2v) is 5.79. The van der Waals surface area contributed by atoms with Crippen molar-refractivity contribution >= 4 is 40.7 Å². The molecule has 0 fully saturated rings. The number of carbonyl (C=O) groups excluding carboxylic acids is 2. The van der Waals surface area contributed by atoms with Crippen LogP contribution in [0.5, 0.6) is 0 Å². The van der Waals surface area contributed by atoms with E-state index in [1.54, 1.807) is 30.3 Å². The Morgan fingerprint density at radius 2 is 1.76 bits per heavy atom. The Morgan fingerprint density at radius 3 is 2.48 bits per heavy atom. The Balaban J connectivity index is 2.00. The van der Waals surface area contributed by atoms with Gasteiger partial charge in [-0.2, -0.15) is 0 Å². The van der Waals surface area contributed by atoms with Crippen LogP contribution in [0, 0.1) is 0 Å². The number of halogens is 1. The smallest absolute Gasteiger partial charge is 0.234 e. The third-order valence-corrected chi connectivity index (χ3v) is 4.29. The molecule has 0 spiro atoms. The van der Waals surface area contributed by atoms with E-state index in [2.05, 4.69) is 5.32 Å². The molecule has 1 amide bonds. The number of para-hydroxylation sites is 1. The fraction of sp³-hybridized carbons (Fsp3) is 0.125. The van der Waals surface area contributed by atoms with Gasteiger partial charge in [0.05, 0.1) is 16.5 Å². The maximum Gasteiger partial charge on any atom is 0.234 e. The van der Waals surface area contributed by atoms with Gasteiger partial charge in [0, 0.05) is 10.5 Å². The predicted octanol–water partition coefficient (Wildman–Crippen LogP) is 4.27. The zero-order valence-corrected chi connectivity index (χ0v) is 13.0. The molecular formula is C16H14ClNO2S. The van der Waals surface area contributed by atoms with Crippen molar-refractivity contribution in [2.75, 3.05) is 11.1 Å². The highest BCUT2D eigenvalue weighted by Crippen LogP contribution is 2.26. The number of hydrogen-bond acceptors (Lipinski definition) is 3. The minimum atomic E-state index is -0.173. The van der Waals surface area contributed by atoms with Crippen LogP contribution in [0.2, 0.25) is 5.02 Å². The van der Waals surface area contributed by atoms with Gasteiger partial charge in [-0.25, -0.2) is 0 Å². The van der Waals surface area contributed by atoms with Gasteiger partial charge in [-0.3, -0.25) is 9.59 Å². The number of carbonyl (C=O) groups is 2. The second kappa shape index (κ2) is 7.29. The maximum atomic E-state index is 12.0. The summed E-state index contributed by atoms with van der Waals surface area (Å²) in [5, 5.41) is 3.38. The first-order valence-corrected chi connectivity index (χ1v) is 7.71. The molecule has 0 heterocycles. The molecule has 2 aromatic rings. The first-order valence-electron chi connectivity index (χ1n) is 6.35. The van der Waals surface area contributed by atoms with Crippen LogP contribution in [0.15, 0.2) is 53.4 Å². The third-order valence-electron chi connectivity index (χ3n) is 2.78. The lowest BCUT2D eigenvalue weighted by molar-refractivity contribution is -0.113. The van der Waals surface area contributed by atoms with Gasteiger partial charge in [0.15, 0.2) is 5.78 Å². The number of anilines is 1. The molecule has 21 heavy (non-hydrogen) atoms. The van der Waals surface area contributed by atoms with E-state index >= 15 is 0 Å². The number of ketones is 1. The monoisotopic (exact) mass is 319 g/mol. The predicted molar refractivity (Wildman–Crippen MR) is 87.3 cm³/mol. The summed E-state index contributed by atoms with van der Waals surface area (Å²) in [6.45, 7) is 1.48. The maximum absolute atomic E-state index is 12.0. The average molecular weight is 320 g/mol. The van der Waals surface area contributed by atoms with Crippen LogP contribution >= 0.6 is 23.4 Å². The topological polar surface area (TPSA) is 46.2 Å². The molecule has 0 atom stereocenters. The molecule has 2 aromatic carbocycles. The van der Waals surface area contributed by atoms with Crippen molar-refractivity contribution in [3.8, 4) is 0 Å². The van der Waals surface area contributed by atoms with Gasteiger partial charge >= 0.3 is 0 Å². The second-order valence-electron chi connectivity index (χ2n) is 4.37. The standard InChI is InChI=1S/C16H14ClNO2S/c1-11(19)12-6-2-4-8-14(12)18-16(20)10-21-15-9-5-3-7-13(15)17/h2-9H,10H2,1H3,(H,18,20). The summed E-state index contributed by atoms with van der Waals surface area (Å²) >= 11 is 7.40. The van der Waals surface area contributed by atoms with Crippen molar-refractivity contribution in [1.82, 2.24) is 0 Å². The molecule has 0 saturated carbocycles. The highest BCUT2D eigenvalue weighted by Gasteiger charge is 2.10. The summed E-state index contributed by atoms with van der Waals surface area (Å²) in [5.41, 5.74) is 1.04. The number of amides is 1. The molecule has 0 unspecified atom stereocenters. The summed E-state index contributed by atoms with van der Waals surface area (Å²) in [6, 6.07) is 14.3. The minimum Gasteiger partial charge on any atom is -0.325 e. The van der Waals surface area contributed by atoms with E-state index in [1.807, 2.05) is 18.2 Å². The molecule has 0 radical (unpaired) electrons. The highest BCUT2D eigenvalue weighted by molar-refractivity contribution is 8.00. The first kappa shape index (κ1) is 15.6. The zero-order chi connectivity index (χ0) is 15.2.